The molecule has 1 aromatic carbocycles. The molecule has 2 aromatic rings. The van der Waals surface area contributed by atoms with E-state index >= 15 is 0 Å². The number of nitrogens with zero attached hydrogens (tertiary/aromatic N) is 3. The number of rotatable bonds is 5. The van der Waals surface area contributed by atoms with Crippen LogP contribution in [0.15, 0.2) is 24.4 Å². The van der Waals surface area contributed by atoms with Crippen LogP contribution in [-0.2, 0) is 9.53 Å². The van der Waals surface area contributed by atoms with Crippen LogP contribution in [0, 0.1) is 11.8 Å². The number of hydrogen-bond acceptors (Lipinski definition) is 7. The van der Waals surface area contributed by atoms with Crippen LogP contribution in [0.2, 0.25) is 5.02 Å². The monoisotopic (exact) mass is 488 g/mol. The second-order valence-electron chi connectivity index (χ2n) is 10.7. The van der Waals surface area contributed by atoms with Crippen molar-refractivity contribution in [2.24, 2.45) is 11.8 Å². The molecule has 0 unspecified atom stereocenters. The molecule has 2 saturated heterocycles. The van der Waals surface area contributed by atoms with Crippen LogP contribution >= 0.6 is 11.6 Å². The minimum Gasteiger partial charge on any atom is -0.390 e. The molecule has 1 aromatic heterocycles. The number of piperazine rings is 1. The van der Waals surface area contributed by atoms with Gasteiger partial charge in [-0.25, -0.2) is 4.98 Å². The van der Waals surface area contributed by atoms with Crippen molar-refractivity contribution in [1.82, 2.24) is 9.88 Å². The van der Waals surface area contributed by atoms with Crippen LogP contribution in [0.25, 0.3) is 10.8 Å². The molecule has 3 aliphatic rings. The number of carbonyl (C=O) groups is 1. The van der Waals surface area contributed by atoms with Gasteiger partial charge in [0.2, 0.25) is 5.91 Å². The van der Waals surface area contributed by atoms with E-state index in [1.165, 1.54) is 0 Å². The quantitative estimate of drug-likeness (QED) is 0.594. The van der Waals surface area contributed by atoms with E-state index in [0.717, 1.165) is 42.6 Å². The van der Waals surface area contributed by atoms with Gasteiger partial charge in [0.1, 0.15) is 5.82 Å². The van der Waals surface area contributed by atoms with Crippen molar-refractivity contribution < 1.29 is 19.7 Å². The van der Waals surface area contributed by atoms with E-state index in [1.54, 1.807) is 20.0 Å². The summed E-state index contributed by atoms with van der Waals surface area (Å²) >= 11 is 6.65. The van der Waals surface area contributed by atoms with Crippen molar-refractivity contribution in [3.8, 4) is 0 Å². The van der Waals surface area contributed by atoms with Gasteiger partial charge in [0.05, 0.1) is 41.2 Å². The highest BCUT2D eigenvalue weighted by Crippen LogP contribution is 2.46. The van der Waals surface area contributed by atoms with Crippen molar-refractivity contribution in [2.75, 3.05) is 49.6 Å². The Morgan fingerprint density at radius 3 is 2.59 bits per heavy atom. The van der Waals surface area contributed by atoms with Crippen LogP contribution in [0.3, 0.4) is 0 Å². The van der Waals surface area contributed by atoms with E-state index in [9.17, 15) is 15.0 Å². The topological polar surface area (TPSA) is 98.2 Å². The first-order valence-electron chi connectivity index (χ1n) is 11.9. The largest absolute Gasteiger partial charge is 0.390 e. The Kier molecular flexibility index (Phi) is 6.01. The lowest BCUT2D eigenvalue weighted by Crippen LogP contribution is -2.60. The number of ether oxygens (including phenoxy) is 1. The third kappa shape index (κ3) is 4.38. The Hall–Kier alpha value is -1.97. The Morgan fingerprint density at radius 1 is 1.24 bits per heavy atom. The summed E-state index contributed by atoms with van der Waals surface area (Å²) in [7, 11) is 0. The van der Waals surface area contributed by atoms with Crippen molar-refractivity contribution in [2.45, 2.75) is 44.4 Å². The van der Waals surface area contributed by atoms with E-state index in [0.29, 0.717) is 30.5 Å². The first-order valence-corrected chi connectivity index (χ1v) is 12.3. The number of amides is 1. The Labute approximate surface area is 204 Å². The number of nitrogens with one attached hydrogen (secondary N) is 1. The van der Waals surface area contributed by atoms with E-state index in [1.807, 2.05) is 12.1 Å². The summed E-state index contributed by atoms with van der Waals surface area (Å²) < 4.78 is 5.51. The minimum absolute atomic E-state index is 0.0174. The van der Waals surface area contributed by atoms with Gasteiger partial charge >= 0.3 is 0 Å². The number of carbonyl (C=O) groups excluding carboxylic acids is 1. The summed E-state index contributed by atoms with van der Waals surface area (Å²) in [5.74, 6) is 0.201. The zero-order valence-corrected chi connectivity index (χ0v) is 20.7. The normalized spacial score (nSPS) is 30.1. The van der Waals surface area contributed by atoms with Gasteiger partial charge in [-0.15, -0.1) is 0 Å². The number of fused-ring (bicyclic) bond motifs is 1. The molecular weight excluding hydrogens is 456 g/mol. The molecular formula is C25H33ClN4O4. The third-order valence-electron chi connectivity index (χ3n) is 7.80. The van der Waals surface area contributed by atoms with Crippen LogP contribution < -0.4 is 10.2 Å². The molecule has 0 bridgehead atoms. The van der Waals surface area contributed by atoms with E-state index in [-0.39, 0.29) is 23.3 Å². The fourth-order valence-electron chi connectivity index (χ4n) is 5.36. The molecule has 5 rings (SSSR count). The van der Waals surface area contributed by atoms with Gasteiger partial charge in [-0.3, -0.25) is 9.69 Å². The lowest BCUT2D eigenvalue weighted by Gasteiger charge is -2.45. The smallest absolute Gasteiger partial charge is 0.229 e. The van der Waals surface area contributed by atoms with Crippen molar-refractivity contribution in [1.29, 1.82) is 0 Å². The van der Waals surface area contributed by atoms with E-state index in [2.05, 4.69) is 33.1 Å². The fraction of sp³-hybridized carbons (Fsp3) is 0.600. The van der Waals surface area contributed by atoms with E-state index < -0.39 is 11.7 Å². The average Bonchev–Trinajstić information content (AvgIpc) is 3.54. The standard InChI is InChI=1S/C25H33ClN4O4/c1-24(2,33)18-11-17(18)23(32)28-22-10-15-9-20(19(26)8-16(15)12-27-22)29-4-6-30(7-5-29)25(3)14-34-13-21(25)31/h8-10,12,17-18,21,31,33H,4-7,11,13-14H2,1-3H3,(H,27,28,32)/t17-,18-,21-,25+/m0/s1. The second kappa shape index (κ2) is 8.60. The zero-order valence-electron chi connectivity index (χ0n) is 19.9. The summed E-state index contributed by atoms with van der Waals surface area (Å²) in [5.41, 5.74) is -0.242. The maximum Gasteiger partial charge on any atom is 0.229 e. The number of aliphatic hydroxyl groups excluding tert-OH is 1. The Balaban J connectivity index is 1.29. The molecule has 0 spiro atoms. The zero-order chi connectivity index (χ0) is 24.3. The number of aliphatic hydroxyl groups is 2. The number of pyridine rings is 1. The van der Waals surface area contributed by atoms with E-state index in [4.69, 9.17) is 16.3 Å². The van der Waals surface area contributed by atoms with Crippen molar-refractivity contribution >= 4 is 39.8 Å². The minimum atomic E-state index is -0.852. The van der Waals surface area contributed by atoms with Crippen LogP contribution in [0.5, 0.6) is 0 Å². The summed E-state index contributed by atoms with van der Waals surface area (Å²) in [4.78, 5) is 21.6. The number of benzene rings is 1. The molecule has 3 N–H and O–H groups in total. The predicted molar refractivity (Wildman–Crippen MR) is 132 cm³/mol. The number of anilines is 2. The molecule has 3 fully saturated rings. The molecule has 4 atom stereocenters. The molecule has 0 radical (unpaired) electrons. The van der Waals surface area contributed by atoms with Crippen molar-refractivity contribution in [3.63, 3.8) is 0 Å². The highest BCUT2D eigenvalue weighted by atomic mass is 35.5. The fourth-order valence-corrected chi connectivity index (χ4v) is 5.65. The van der Waals surface area contributed by atoms with Crippen molar-refractivity contribution in [3.05, 3.63) is 29.4 Å². The Morgan fingerprint density at radius 2 is 1.97 bits per heavy atom. The summed E-state index contributed by atoms with van der Waals surface area (Å²) in [5, 5.41) is 25.9. The highest BCUT2D eigenvalue weighted by Gasteiger charge is 2.51. The predicted octanol–water partition coefficient (Wildman–Crippen LogP) is 2.51. The van der Waals surface area contributed by atoms with Gasteiger partial charge in [0.15, 0.2) is 0 Å². The Bertz CT molecular complexity index is 1100. The lowest BCUT2D eigenvalue weighted by atomic mass is 9.95. The number of aromatic nitrogens is 1. The molecule has 34 heavy (non-hydrogen) atoms. The van der Waals surface area contributed by atoms with Gasteiger partial charge in [0, 0.05) is 43.7 Å². The summed E-state index contributed by atoms with van der Waals surface area (Å²) in [6.07, 6.45) is 1.94. The van der Waals surface area contributed by atoms with Gasteiger partial charge in [-0.05, 0) is 56.7 Å². The van der Waals surface area contributed by atoms with Crippen LogP contribution in [-0.4, -0.2) is 82.6 Å². The maximum atomic E-state index is 12.6. The SMILES string of the molecule is CC(C)(O)[C@H]1C[C@@H]1C(=O)Nc1cc2cc(N3CCN([C@]4(C)COC[C@@H]4O)CC3)c(Cl)cc2cn1. The highest BCUT2D eigenvalue weighted by molar-refractivity contribution is 6.34. The first kappa shape index (κ1) is 23.8. The second-order valence-corrected chi connectivity index (χ2v) is 11.1. The molecule has 9 heteroatoms. The number of hydrogen-bond donors (Lipinski definition) is 3. The summed E-state index contributed by atoms with van der Waals surface area (Å²) in [6, 6.07) is 5.84. The van der Waals surface area contributed by atoms with Gasteiger partial charge in [0.25, 0.3) is 0 Å². The molecule has 1 saturated carbocycles. The van der Waals surface area contributed by atoms with Gasteiger partial charge < -0.3 is 25.2 Å². The third-order valence-corrected chi connectivity index (χ3v) is 8.11. The molecule has 1 amide bonds. The molecule has 3 heterocycles. The first-order chi connectivity index (χ1) is 16.1. The van der Waals surface area contributed by atoms with Gasteiger partial charge in [-0.2, -0.15) is 0 Å². The number of halogens is 1. The average molecular weight is 489 g/mol. The molecule has 1 aliphatic carbocycles. The molecule has 8 nitrogen and oxygen atoms in total. The lowest BCUT2D eigenvalue weighted by molar-refractivity contribution is -0.118. The molecule has 2 aliphatic heterocycles. The summed E-state index contributed by atoms with van der Waals surface area (Å²) in [6.45, 7) is 9.70. The van der Waals surface area contributed by atoms with Crippen LogP contribution in [0.1, 0.15) is 27.2 Å². The molecule has 184 valence electrons. The van der Waals surface area contributed by atoms with Crippen LogP contribution in [0.4, 0.5) is 11.5 Å². The van der Waals surface area contributed by atoms with Gasteiger partial charge in [-0.1, -0.05) is 11.6 Å². The maximum absolute atomic E-state index is 12.6.